The zero-order valence-electron chi connectivity index (χ0n) is 22.8. The van der Waals surface area contributed by atoms with Gasteiger partial charge in [-0.05, 0) is 44.4 Å². The van der Waals surface area contributed by atoms with Crippen molar-refractivity contribution < 1.29 is 43.8 Å². The number of rotatable bonds is 7. The van der Waals surface area contributed by atoms with Gasteiger partial charge in [0, 0.05) is 25.6 Å². The number of carbonyl (C=O) groups is 5. The second-order valence-corrected chi connectivity index (χ2v) is 10.3. The van der Waals surface area contributed by atoms with Crippen LogP contribution in [0, 0.1) is 17.8 Å². The maximum Gasteiger partial charge on any atom is 0.407 e. The third kappa shape index (κ3) is 10.6. The predicted molar refractivity (Wildman–Crippen MR) is 137 cm³/mol. The summed E-state index contributed by atoms with van der Waals surface area (Å²) in [5.74, 6) is -4.19. The molecule has 0 aromatic heterocycles. The van der Waals surface area contributed by atoms with E-state index in [9.17, 15) is 34.3 Å². The third-order valence-corrected chi connectivity index (χ3v) is 6.83. The number of aliphatic hydroxyl groups excluding tert-OH is 1. The Morgan fingerprint density at radius 3 is 2.41 bits per heavy atom. The minimum absolute atomic E-state index is 0.0102. The lowest BCUT2D eigenvalue weighted by Crippen LogP contribution is -2.57. The molecule has 222 valence electrons. The van der Waals surface area contributed by atoms with E-state index in [1.807, 2.05) is 13.8 Å². The van der Waals surface area contributed by atoms with Crippen LogP contribution in [0.1, 0.15) is 52.4 Å². The number of nitrogens with one attached hydrogen (secondary N) is 4. The van der Waals surface area contributed by atoms with Gasteiger partial charge in [-0.3, -0.25) is 24.4 Å². The molecule has 0 aromatic rings. The minimum atomic E-state index is -1.19. The van der Waals surface area contributed by atoms with Crippen molar-refractivity contribution in [2.45, 2.75) is 64.5 Å². The van der Waals surface area contributed by atoms with Crippen LogP contribution in [0.5, 0.6) is 0 Å². The number of carbonyl (C=O) groups excluding carboxylic acids is 5. The van der Waals surface area contributed by atoms with Crippen LogP contribution in [0.3, 0.4) is 0 Å². The molecule has 2 aliphatic rings. The molecule has 0 aliphatic carbocycles. The van der Waals surface area contributed by atoms with Crippen molar-refractivity contribution in [1.82, 2.24) is 26.3 Å². The number of nitrogens with zero attached hydrogens (tertiary/aromatic N) is 1. The van der Waals surface area contributed by atoms with Crippen molar-refractivity contribution in [2.75, 3.05) is 46.1 Å². The number of hydroxylamine groups is 1. The molecule has 0 bridgehead atoms. The number of cyclic esters (lactones) is 1. The normalized spacial score (nSPS) is 24.7. The van der Waals surface area contributed by atoms with Gasteiger partial charge in [0.2, 0.25) is 23.6 Å². The Balaban J connectivity index is 2.26. The van der Waals surface area contributed by atoms with Gasteiger partial charge in [-0.25, -0.2) is 10.3 Å². The Kier molecular flexibility index (Phi) is 14.0. The fraction of sp³-hybridized carbons (Fsp3) is 0.800. The zero-order valence-corrected chi connectivity index (χ0v) is 22.8. The first-order valence-electron chi connectivity index (χ1n) is 13.6. The molecule has 14 heteroatoms. The lowest BCUT2D eigenvalue weighted by atomic mass is 9.81. The summed E-state index contributed by atoms with van der Waals surface area (Å²) in [5, 5.41) is 27.1. The van der Waals surface area contributed by atoms with Crippen LogP contribution in [0.25, 0.3) is 0 Å². The van der Waals surface area contributed by atoms with Crippen LogP contribution >= 0.6 is 0 Å². The van der Waals surface area contributed by atoms with Crippen molar-refractivity contribution in [1.29, 1.82) is 0 Å². The second kappa shape index (κ2) is 16.9. The smallest absolute Gasteiger partial charge is 0.407 e. The van der Waals surface area contributed by atoms with Gasteiger partial charge < -0.3 is 35.4 Å². The predicted octanol–water partition coefficient (Wildman–Crippen LogP) is -0.719. The fourth-order valence-electron chi connectivity index (χ4n) is 4.75. The Hall–Kier alpha value is -2.97. The molecule has 0 radical (unpaired) electrons. The monoisotopic (exact) mass is 557 g/mol. The Morgan fingerprint density at radius 1 is 1.05 bits per heavy atom. The van der Waals surface area contributed by atoms with E-state index in [1.54, 1.807) is 5.48 Å². The van der Waals surface area contributed by atoms with Crippen LogP contribution in [0.15, 0.2) is 0 Å². The number of ether oxygens (including phenoxy) is 2. The lowest BCUT2D eigenvalue weighted by Gasteiger charge is -2.31. The molecule has 2 heterocycles. The van der Waals surface area contributed by atoms with Crippen molar-refractivity contribution >= 4 is 29.7 Å². The molecule has 6 N–H and O–H groups in total. The molecule has 0 saturated carbocycles. The highest BCUT2D eigenvalue weighted by molar-refractivity contribution is 5.93. The Bertz CT molecular complexity index is 835. The number of hydrogen-bond acceptors (Lipinski definition) is 9. The molecule has 4 atom stereocenters. The number of alkyl carbamates (subject to hydrolysis) is 1. The van der Waals surface area contributed by atoms with Gasteiger partial charge in [-0.15, -0.1) is 0 Å². The topological polar surface area (TPSA) is 196 Å². The van der Waals surface area contributed by atoms with E-state index < -0.39 is 60.2 Å². The van der Waals surface area contributed by atoms with E-state index in [4.69, 9.17) is 9.47 Å². The SMILES string of the molecule is CC(C)C[C@H]1C(=O)N[C@H](C(=O)N[C@H](CO)C(=O)N2CCOCC2)CCCCNC(=O)OCCC[C@@H]1C(=O)NO. The first-order valence-corrected chi connectivity index (χ1v) is 13.6. The van der Waals surface area contributed by atoms with Gasteiger partial charge >= 0.3 is 6.09 Å². The van der Waals surface area contributed by atoms with E-state index in [1.165, 1.54) is 4.90 Å². The van der Waals surface area contributed by atoms with Gasteiger partial charge in [-0.1, -0.05) is 13.8 Å². The summed E-state index contributed by atoms with van der Waals surface area (Å²) in [5.41, 5.74) is 1.63. The van der Waals surface area contributed by atoms with Gasteiger partial charge in [0.25, 0.3) is 0 Å². The summed E-state index contributed by atoms with van der Waals surface area (Å²) in [7, 11) is 0. The molecule has 2 rings (SSSR count). The third-order valence-electron chi connectivity index (χ3n) is 6.83. The molecule has 2 fully saturated rings. The van der Waals surface area contributed by atoms with E-state index in [0.717, 1.165) is 0 Å². The first-order chi connectivity index (χ1) is 18.7. The molecule has 14 nitrogen and oxygen atoms in total. The van der Waals surface area contributed by atoms with Gasteiger partial charge in [0.15, 0.2) is 0 Å². The molecular formula is C25H43N5O9. The van der Waals surface area contributed by atoms with E-state index in [2.05, 4.69) is 16.0 Å². The highest BCUT2D eigenvalue weighted by Crippen LogP contribution is 2.26. The molecule has 0 unspecified atom stereocenters. The zero-order chi connectivity index (χ0) is 28.8. The lowest BCUT2D eigenvalue weighted by molar-refractivity contribution is -0.143. The Morgan fingerprint density at radius 2 is 1.77 bits per heavy atom. The van der Waals surface area contributed by atoms with E-state index in [-0.39, 0.29) is 31.8 Å². The molecule has 39 heavy (non-hydrogen) atoms. The number of hydrogen-bond donors (Lipinski definition) is 6. The molecule has 0 spiro atoms. The van der Waals surface area contributed by atoms with Crippen molar-refractivity contribution in [3.63, 3.8) is 0 Å². The van der Waals surface area contributed by atoms with E-state index in [0.29, 0.717) is 52.1 Å². The molecule has 0 aromatic carbocycles. The summed E-state index contributed by atoms with van der Waals surface area (Å²) in [6.07, 6.45) is 1.24. The van der Waals surface area contributed by atoms with Crippen molar-refractivity contribution in [3.05, 3.63) is 0 Å². The highest BCUT2D eigenvalue weighted by atomic mass is 16.5. The first kappa shape index (κ1) is 32.2. The van der Waals surface area contributed by atoms with Crippen LogP contribution in [0.4, 0.5) is 4.79 Å². The fourth-order valence-corrected chi connectivity index (χ4v) is 4.75. The number of amides is 5. The minimum Gasteiger partial charge on any atom is -0.450 e. The van der Waals surface area contributed by atoms with Crippen LogP contribution < -0.4 is 21.4 Å². The number of morpholine rings is 1. The molecule has 2 aliphatic heterocycles. The number of aliphatic hydroxyl groups is 1. The van der Waals surface area contributed by atoms with Gasteiger partial charge in [0.1, 0.15) is 12.1 Å². The quantitative estimate of drug-likeness (QED) is 0.173. The Labute approximate surface area is 228 Å². The standard InChI is InChI=1S/C25H43N5O9/c1-16(2)14-18-17(22(33)29-37)6-5-11-39-25(36)26-8-4-3-7-19(27-21(18)32)23(34)28-20(15-31)24(35)30-9-12-38-13-10-30/h16-20,31,37H,3-15H2,1-2H3,(H,26,36)(H,27,32)(H,28,34)(H,29,33)/t17-,18+,19-,20+/m0/s1. The molecule has 5 amide bonds. The summed E-state index contributed by atoms with van der Waals surface area (Å²) in [6, 6.07) is -2.26. The molecular weight excluding hydrogens is 514 g/mol. The average molecular weight is 558 g/mol. The maximum atomic E-state index is 13.5. The average Bonchev–Trinajstić information content (AvgIpc) is 2.93. The van der Waals surface area contributed by atoms with Crippen LogP contribution in [-0.2, 0) is 28.7 Å². The van der Waals surface area contributed by atoms with Crippen molar-refractivity contribution in [3.8, 4) is 0 Å². The van der Waals surface area contributed by atoms with Crippen molar-refractivity contribution in [2.24, 2.45) is 17.8 Å². The van der Waals surface area contributed by atoms with Gasteiger partial charge in [-0.2, -0.15) is 0 Å². The largest absolute Gasteiger partial charge is 0.450 e. The van der Waals surface area contributed by atoms with Gasteiger partial charge in [0.05, 0.1) is 32.3 Å². The highest BCUT2D eigenvalue weighted by Gasteiger charge is 2.36. The second-order valence-electron chi connectivity index (χ2n) is 10.3. The maximum absolute atomic E-state index is 13.5. The van der Waals surface area contributed by atoms with Crippen LogP contribution in [0.2, 0.25) is 0 Å². The molecule has 2 saturated heterocycles. The summed E-state index contributed by atoms with van der Waals surface area (Å²) >= 11 is 0. The van der Waals surface area contributed by atoms with E-state index >= 15 is 0 Å². The summed E-state index contributed by atoms with van der Waals surface area (Å²) < 4.78 is 10.4. The summed E-state index contributed by atoms with van der Waals surface area (Å²) in [6.45, 7) is 4.87. The summed E-state index contributed by atoms with van der Waals surface area (Å²) in [4.78, 5) is 65.7. The van der Waals surface area contributed by atoms with Crippen LogP contribution in [-0.4, -0.2) is 103 Å².